The number of nitrogens with zero attached hydrogens (tertiary/aromatic N) is 1. The van der Waals surface area contributed by atoms with Gasteiger partial charge in [-0.05, 0) is 64.8 Å². The summed E-state index contributed by atoms with van der Waals surface area (Å²) in [6.45, 7) is 2.52. The Hall–Kier alpha value is -2.05. The van der Waals surface area contributed by atoms with Crippen LogP contribution in [0.1, 0.15) is 11.1 Å². The lowest BCUT2D eigenvalue weighted by molar-refractivity contribution is -0.123. The Morgan fingerprint density at radius 2 is 2.13 bits per heavy atom. The van der Waals surface area contributed by atoms with Crippen LogP contribution < -0.4 is 4.74 Å². The van der Waals surface area contributed by atoms with Crippen molar-refractivity contribution in [1.82, 2.24) is 4.90 Å². The van der Waals surface area contributed by atoms with Crippen molar-refractivity contribution in [2.75, 3.05) is 13.2 Å². The maximum absolute atomic E-state index is 12.3. The summed E-state index contributed by atoms with van der Waals surface area (Å²) in [7, 11) is 0. The molecule has 1 aliphatic rings. The van der Waals surface area contributed by atoms with E-state index in [-0.39, 0.29) is 24.3 Å². The van der Waals surface area contributed by atoms with Gasteiger partial charge in [-0.15, -0.1) is 0 Å². The zero-order chi connectivity index (χ0) is 16.2. The number of ether oxygens (including phenoxy) is 1. The Kier molecular flexibility index (Phi) is 4.83. The standard InChI is InChI=1S/C17H15NO3S2/c1-12-3-2-4-14(9-12)21-7-6-18-16(19)15(23-17(18)20)10-13-5-8-22-11-13/h2-5,8-11H,6-7H2,1H3/b15-10-. The number of thiophene rings is 1. The molecule has 0 spiro atoms. The number of rotatable bonds is 5. The maximum atomic E-state index is 12.3. The highest BCUT2D eigenvalue weighted by atomic mass is 32.2. The second-order valence-electron chi connectivity index (χ2n) is 5.06. The van der Waals surface area contributed by atoms with Crippen LogP contribution in [-0.2, 0) is 4.79 Å². The Balaban J connectivity index is 1.60. The maximum Gasteiger partial charge on any atom is 0.293 e. The molecule has 1 aromatic heterocycles. The summed E-state index contributed by atoms with van der Waals surface area (Å²) in [4.78, 5) is 26.0. The third-order valence-corrected chi connectivity index (χ3v) is 4.90. The van der Waals surface area contributed by atoms with Crippen LogP contribution in [-0.4, -0.2) is 29.2 Å². The van der Waals surface area contributed by atoms with Crippen LogP contribution in [0.15, 0.2) is 46.0 Å². The second-order valence-corrected chi connectivity index (χ2v) is 6.83. The lowest BCUT2D eigenvalue weighted by atomic mass is 10.2. The van der Waals surface area contributed by atoms with Crippen LogP contribution in [0, 0.1) is 6.92 Å². The lowest BCUT2D eigenvalue weighted by Gasteiger charge is -2.13. The predicted molar refractivity (Wildman–Crippen MR) is 93.7 cm³/mol. The largest absolute Gasteiger partial charge is 0.492 e. The summed E-state index contributed by atoms with van der Waals surface area (Å²) < 4.78 is 5.61. The van der Waals surface area contributed by atoms with E-state index in [4.69, 9.17) is 4.74 Å². The normalized spacial score (nSPS) is 16.4. The highest BCUT2D eigenvalue weighted by Gasteiger charge is 2.34. The monoisotopic (exact) mass is 345 g/mol. The van der Waals surface area contributed by atoms with E-state index >= 15 is 0 Å². The first-order valence-corrected chi connectivity index (χ1v) is 8.86. The molecule has 3 rings (SSSR count). The Morgan fingerprint density at radius 1 is 1.26 bits per heavy atom. The van der Waals surface area contributed by atoms with Gasteiger partial charge in [-0.3, -0.25) is 14.5 Å². The lowest BCUT2D eigenvalue weighted by Crippen LogP contribution is -2.32. The quantitative estimate of drug-likeness (QED) is 0.763. The first kappa shape index (κ1) is 15.8. The van der Waals surface area contributed by atoms with Crippen molar-refractivity contribution in [2.24, 2.45) is 0 Å². The van der Waals surface area contributed by atoms with E-state index in [9.17, 15) is 9.59 Å². The fourth-order valence-corrected chi connectivity index (χ4v) is 3.64. The highest BCUT2D eigenvalue weighted by molar-refractivity contribution is 8.18. The molecular formula is C17H15NO3S2. The molecule has 0 N–H and O–H groups in total. The van der Waals surface area contributed by atoms with Crippen molar-refractivity contribution in [1.29, 1.82) is 0 Å². The van der Waals surface area contributed by atoms with Gasteiger partial charge in [-0.1, -0.05) is 12.1 Å². The summed E-state index contributed by atoms with van der Waals surface area (Å²) in [6, 6.07) is 9.59. The third-order valence-electron chi connectivity index (χ3n) is 3.29. The van der Waals surface area contributed by atoms with E-state index in [2.05, 4.69) is 0 Å². The predicted octanol–water partition coefficient (Wildman–Crippen LogP) is 4.17. The molecule has 0 bridgehead atoms. The van der Waals surface area contributed by atoms with Crippen molar-refractivity contribution >= 4 is 40.3 Å². The molecule has 6 heteroatoms. The van der Waals surface area contributed by atoms with Gasteiger partial charge >= 0.3 is 0 Å². The van der Waals surface area contributed by atoms with Crippen molar-refractivity contribution < 1.29 is 14.3 Å². The molecule has 23 heavy (non-hydrogen) atoms. The van der Waals surface area contributed by atoms with Gasteiger partial charge in [0.1, 0.15) is 12.4 Å². The molecule has 0 aliphatic carbocycles. The number of carbonyl (C=O) groups is 2. The summed E-state index contributed by atoms with van der Waals surface area (Å²) in [5.74, 6) is 0.491. The van der Waals surface area contributed by atoms with Crippen LogP contribution in [0.2, 0.25) is 0 Å². The number of hydrogen-bond donors (Lipinski definition) is 0. The molecule has 1 aromatic carbocycles. The second kappa shape index (κ2) is 7.02. The van der Waals surface area contributed by atoms with E-state index in [1.165, 1.54) is 4.90 Å². The summed E-state index contributed by atoms with van der Waals surface area (Å²) in [6.07, 6.45) is 1.75. The SMILES string of the molecule is Cc1cccc(OCCN2C(=O)S/C(=C\c3ccsc3)C2=O)c1. The molecule has 0 unspecified atom stereocenters. The number of benzene rings is 1. The molecule has 0 atom stereocenters. The molecule has 0 saturated carbocycles. The fourth-order valence-electron chi connectivity index (χ4n) is 2.16. The highest BCUT2D eigenvalue weighted by Crippen LogP contribution is 2.32. The molecule has 1 fully saturated rings. The zero-order valence-corrected chi connectivity index (χ0v) is 14.2. The van der Waals surface area contributed by atoms with E-state index in [1.54, 1.807) is 17.4 Å². The van der Waals surface area contributed by atoms with E-state index in [1.807, 2.05) is 48.0 Å². The summed E-state index contributed by atoms with van der Waals surface area (Å²) in [5, 5.41) is 3.63. The zero-order valence-electron chi connectivity index (χ0n) is 12.5. The summed E-state index contributed by atoms with van der Waals surface area (Å²) in [5.41, 5.74) is 2.05. The number of aryl methyl sites for hydroxylation is 1. The van der Waals surface area contributed by atoms with Crippen LogP contribution in [0.25, 0.3) is 6.08 Å². The molecule has 0 radical (unpaired) electrons. The fraction of sp³-hybridized carbons (Fsp3) is 0.176. The molecule has 1 saturated heterocycles. The smallest absolute Gasteiger partial charge is 0.293 e. The average Bonchev–Trinajstić information content (AvgIpc) is 3.11. The van der Waals surface area contributed by atoms with Gasteiger partial charge in [0.15, 0.2) is 0 Å². The molecular weight excluding hydrogens is 330 g/mol. The minimum atomic E-state index is -0.251. The van der Waals surface area contributed by atoms with Gasteiger partial charge in [0.25, 0.3) is 11.1 Å². The van der Waals surface area contributed by atoms with E-state index in [0.717, 1.165) is 28.6 Å². The number of thioether (sulfide) groups is 1. The van der Waals surface area contributed by atoms with Gasteiger partial charge in [0.2, 0.25) is 0 Å². The van der Waals surface area contributed by atoms with Crippen molar-refractivity contribution in [2.45, 2.75) is 6.92 Å². The van der Waals surface area contributed by atoms with E-state index < -0.39 is 0 Å². The Bertz CT molecular complexity index is 753. The van der Waals surface area contributed by atoms with Crippen molar-refractivity contribution in [3.8, 4) is 5.75 Å². The summed E-state index contributed by atoms with van der Waals surface area (Å²) >= 11 is 2.53. The Labute approximate surface area is 142 Å². The van der Waals surface area contributed by atoms with Crippen molar-refractivity contribution in [3.63, 3.8) is 0 Å². The van der Waals surface area contributed by atoms with Crippen LogP contribution in [0.5, 0.6) is 5.75 Å². The third kappa shape index (κ3) is 3.83. The number of hydrogen-bond acceptors (Lipinski definition) is 5. The van der Waals surface area contributed by atoms with E-state index in [0.29, 0.717) is 4.91 Å². The molecule has 1 aliphatic heterocycles. The number of carbonyl (C=O) groups excluding carboxylic acids is 2. The molecule has 118 valence electrons. The van der Waals surface area contributed by atoms with Gasteiger partial charge in [-0.2, -0.15) is 11.3 Å². The van der Waals surface area contributed by atoms with Gasteiger partial charge in [-0.25, -0.2) is 0 Å². The van der Waals surface area contributed by atoms with Crippen LogP contribution in [0.3, 0.4) is 0 Å². The molecule has 4 nitrogen and oxygen atoms in total. The number of amides is 2. The average molecular weight is 345 g/mol. The van der Waals surface area contributed by atoms with Gasteiger partial charge in [0, 0.05) is 0 Å². The first-order valence-electron chi connectivity index (χ1n) is 7.10. The first-order chi connectivity index (χ1) is 11.1. The topological polar surface area (TPSA) is 46.6 Å². The van der Waals surface area contributed by atoms with Crippen LogP contribution >= 0.6 is 23.1 Å². The van der Waals surface area contributed by atoms with Crippen LogP contribution in [0.4, 0.5) is 4.79 Å². The minimum absolute atomic E-state index is 0.246. The van der Waals surface area contributed by atoms with Gasteiger partial charge in [0.05, 0.1) is 11.4 Å². The molecule has 2 aromatic rings. The Morgan fingerprint density at radius 3 is 2.87 bits per heavy atom. The van der Waals surface area contributed by atoms with Gasteiger partial charge < -0.3 is 4.74 Å². The van der Waals surface area contributed by atoms with Crippen molar-refractivity contribution in [3.05, 3.63) is 57.1 Å². The number of imide groups is 1. The molecule has 2 heterocycles. The minimum Gasteiger partial charge on any atom is -0.492 e. The molecule has 2 amide bonds.